The average Bonchev–Trinajstić information content (AvgIpc) is 2.79. The third kappa shape index (κ3) is 5.64. The van der Waals surface area contributed by atoms with E-state index in [4.69, 9.17) is 32.7 Å². The number of benzene rings is 3. The summed E-state index contributed by atoms with van der Waals surface area (Å²) < 4.78 is 10.1. The van der Waals surface area contributed by atoms with Crippen LogP contribution in [-0.2, 0) is 11.3 Å². The van der Waals surface area contributed by atoms with E-state index in [-0.39, 0.29) is 12.2 Å². The number of hydrogen-bond acceptors (Lipinski definition) is 7. The lowest BCUT2D eigenvalue weighted by Crippen LogP contribution is -2.06. The molecule has 0 bridgehead atoms. The first-order valence-electron chi connectivity index (χ1n) is 9.23. The van der Waals surface area contributed by atoms with Gasteiger partial charge in [0.25, 0.3) is 5.69 Å². The first-order valence-corrected chi connectivity index (χ1v) is 10.8. The highest BCUT2D eigenvalue weighted by atomic mass is 35.5. The van der Waals surface area contributed by atoms with Gasteiger partial charge in [0.15, 0.2) is 0 Å². The fourth-order valence-corrected chi connectivity index (χ4v) is 4.16. The molecule has 32 heavy (non-hydrogen) atoms. The van der Waals surface area contributed by atoms with Gasteiger partial charge in [-0.1, -0.05) is 41.0 Å². The zero-order valence-electron chi connectivity index (χ0n) is 17.1. The number of nitro groups is 1. The van der Waals surface area contributed by atoms with Gasteiger partial charge in [0.05, 0.1) is 45.3 Å². The molecule has 3 aromatic rings. The number of anilines is 1. The summed E-state index contributed by atoms with van der Waals surface area (Å²) in [7, 11) is 2.81. The first-order chi connectivity index (χ1) is 15.3. The van der Waals surface area contributed by atoms with Gasteiger partial charge in [-0.25, -0.2) is 4.79 Å². The van der Waals surface area contributed by atoms with Crippen molar-refractivity contribution in [1.29, 1.82) is 0 Å². The van der Waals surface area contributed by atoms with Crippen LogP contribution in [-0.4, -0.2) is 25.1 Å². The fourth-order valence-electron chi connectivity index (χ4n) is 2.86. The fraction of sp³-hybridized carbons (Fsp3) is 0.136. The number of rotatable bonds is 8. The molecule has 0 spiro atoms. The molecule has 0 fully saturated rings. The van der Waals surface area contributed by atoms with E-state index < -0.39 is 10.9 Å². The molecule has 0 aliphatic rings. The van der Waals surface area contributed by atoms with Crippen LogP contribution in [0.4, 0.5) is 11.4 Å². The summed E-state index contributed by atoms with van der Waals surface area (Å²) in [5, 5.41) is 15.6. The van der Waals surface area contributed by atoms with Crippen LogP contribution in [0.5, 0.6) is 5.75 Å². The van der Waals surface area contributed by atoms with Crippen molar-refractivity contribution in [2.24, 2.45) is 0 Å². The molecule has 0 saturated carbocycles. The number of carbonyl (C=O) groups is 1. The zero-order valence-corrected chi connectivity index (χ0v) is 19.4. The minimum Gasteiger partial charge on any atom is -0.495 e. The van der Waals surface area contributed by atoms with E-state index in [1.165, 1.54) is 32.0 Å². The van der Waals surface area contributed by atoms with Crippen molar-refractivity contribution in [3.8, 4) is 5.75 Å². The molecule has 0 amide bonds. The van der Waals surface area contributed by atoms with Crippen LogP contribution in [0.1, 0.15) is 15.9 Å². The summed E-state index contributed by atoms with van der Waals surface area (Å²) in [6.07, 6.45) is 0. The van der Waals surface area contributed by atoms with Crippen LogP contribution < -0.4 is 10.1 Å². The molecular weight excluding hydrogens is 475 g/mol. The predicted molar refractivity (Wildman–Crippen MR) is 125 cm³/mol. The van der Waals surface area contributed by atoms with Crippen LogP contribution in [0, 0.1) is 10.1 Å². The molecule has 166 valence electrons. The predicted octanol–water partition coefficient (Wildman–Crippen LogP) is 6.46. The van der Waals surface area contributed by atoms with Crippen molar-refractivity contribution in [3.05, 3.63) is 85.9 Å². The zero-order chi connectivity index (χ0) is 23.3. The summed E-state index contributed by atoms with van der Waals surface area (Å²) in [5.74, 6) is 0.0500. The van der Waals surface area contributed by atoms with Gasteiger partial charge in [0.2, 0.25) is 0 Å². The van der Waals surface area contributed by atoms with Crippen molar-refractivity contribution >= 4 is 52.3 Å². The number of nitro benzene ring substituents is 1. The minimum absolute atomic E-state index is 0.0318. The van der Waals surface area contributed by atoms with E-state index >= 15 is 0 Å². The number of nitrogens with one attached hydrogen (secondary N) is 1. The SMILES string of the molecule is COC(=O)c1ccc(OC)c(NCc2ccc(Sc3ccc(Cl)c(Cl)c3)c([N+](=O)[O-])c2)c1. The minimum atomic E-state index is -0.477. The quantitative estimate of drug-likeness (QED) is 0.219. The summed E-state index contributed by atoms with van der Waals surface area (Å²) in [4.78, 5) is 24.2. The highest BCUT2D eigenvalue weighted by molar-refractivity contribution is 7.99. The van der Waals surface area contributed by atoms with Crippen LogP contribution >= 0.6 is 35.0 Å². The second kappa shape index (κ2) is 10.6. The Morgan fingerprint density at radius 2 is 1.84 bits per heavy atom. The number of methoxy groups -OCH3 is 2. The van der Waals surface area contributed by atoms with Gasteiger partial charge in [-0.2, -0.15) is 0 Å². The van der Waals surface area contributed by atoms with E-state index in [0.717, 1.165) is 4.90 Å². The average molecular weight is 493 g/mol. The molecule has 7 nitrogen and oxygen atoms in total. The lowest BCUT2D eigenvalue weighted by atomic mass is 10.1. The van der Waals surface area contributed by atoms with Gasteiger partial charge < -0.3 is 14.8 Å². The number of hydrogen-bond donors (Lipinski definition) is 1. The Labute approximate surface area is 198 Å². The normalized spacial score (nSPS) is 10.5. The summed E-state index contributed by atoms with van der Waals surface area (Å²) in [5.41, 5.74) is 1.57. The van der Waals surface area contributed by atoms with Crippen LogP contribution in [0.3, 0.4) is 0 Å². The Bertz CT molecular complexity index is 1170. The second-order valence-electron chi connectivity index (χ2n) is 6.50. The molecule has 3 rings (SSSR count). The Kier molecular flexibility index (Phi) is 7.84. The largest absolute Gasteiger partial charge is 0.495 e. The van der Waals surface area contributed by atoms with Crippen molar-refractivity contribution < 1.29 is 19.2 Å². The van der Waals surface area contributed by atoms with Crippen LogP contribution in [0.25, 0.3) is 0 Å². The Balaban J connectivity index is 1.82. The Morgan fingerprint density at radius 3 is 2.50 bits per heavy atom. The van der Waals surface area contributed by atoms with Gasteiger partial charge >= 0.3 is 5.97 Å². The van der Waals surface area contributed by atoms with Crippen molar-refractivity contribution in [1.82, 2.24) is 0 Å². The molecule has 0 aliphatic carbocycles. The molecule has 0 radical (unpaired) electrons. The second-order valence-corrected chi connectivity index (χ2v) is 8.43. The molecular formula is C22H18Cl2N2O5S. The highest BCUT2D eigenvalue weighted by Gasteiger charge is 2.17. The standard InChI is InChI=1S/C22H18Cl2N2O5S/c1-30-20-7-4-14(22(27)31-2)10-18(20)25-12-13-3-8-21(19(9-13)26(28)29)32-15-5-6-16(23)17(24)11-15/h3-11,25H,12H2,1-2H3. The van der Waals surface area contributed by atoms with E-state index in [2.05, 4.69) is 5.32 Å². The summed E-state index contributed by atoms with van der Waals surface area (Å²) in [6, 6.07) is 14.9. The van der Waals surface area contributed by atoms with Gasteiger partial charge in [-0.05, 0) is 48.0 Å². The van der Waals surface area contributed by atoms with Gasteiger partial charge in [-0.15, -0.1) is 0 Å². The van der Waals surface area contributed by atoms with Gasteiger partial charge in [0.1, 0.15) is 5.75 Å². The third-order valence-corrected chi connectivity index (χ3v) is 6.24. The lowest BCUT2D eigenvalue weighted by molar-refractivity contribution is -0.387. The van der Waals surface area contributed by atoms with Gasteiger partial charge in [-0.3, -0.25) is 10.1 Å². The summed E-state index contributed by atoms with van der Waals surface area (Å²) >= 11 is 13.2. The maximum Gasteiger partial charge on any atom is 0.337 e. The molecule has 0 aliphatic heterocycles. The lowest BCUT2D eigenvalue weighted by Gasteiger charge is -2.13. The number of nitrogens with zero attached hydrogens (tertiary/aromatic N) is 1. The molecule has 3 aromatic carbocycles. The molecule has 0 aromatic heterocycles. The number of esters is 1. The van der Waals surface area contributed by atoms with Crippen molar-refractivity contribution in [2.75, 3.05) is 19.5 Å². The van der Waals surface area contributed by atoms with Crippen molar-refractivity contribution in [3.63, 3.8) is 0 Å². The first kappa shape index (κ1) is 23.7. The van der Waals surface area contributed by atoms with Crippen LogP contribution in [0.2, 0.25) is 10.0 Å². The monoisotopic (exact) mass is 492 g/mol. The maximum absolute atomic E-state index is 11.8. The van der Waals surface area contributed by atoms with Crippen LogP contribution in [0.15, 0.2) is 64.4 Å². The van der Waals surface area contributed by atoms with E-state index in [1.807, 2.05) is 0 Å². The number of halogens is 2. The van der Waals surface area contributed by atoms with Crippen molar-refractivity contribution in [2.45, 2.75) is 16.3 Å². The summed E-state index contributed by atoms with van der Waals surface area (Å²) in [6.45, 7) is 0.277. The smallest absolute Gasteiger partial charge is 0.337 e. The maximum atomic E-state index is 11.8. The number of carbonyl (C=O) groups excluding carboxylic acids is 1. The number of ether oxygens (including phenoxy) is 2. The topological polar surface area (TPSA) is 90.7 Å². The van der Waals surface area contributed by atoms with E-state index in [1.54, 1.807) is 48.5 Å². The third-order valence-electron chi connectivity index (χ3n) is 4.44. The molecule has 0 unspecified atom stereocenters. The Morgan fingerprint density at radius 1 is 1.06 bits per heavy atom. The molecule has 0 atom stereocenters. The van der Waals surface area contributed by atoms with E-state index in [9.17, 15) is 14.9 Å². The Hall–Kier alpha value is -2.94. The van der Waals surface area contributed by atoms with Gasteiger partial charge in [0, 0.05) is 17.5 Å². The molecule has 10 heteroatoms. The molecule has 0 saturated heterocycles. The van der Waals surface area contributed by atoms with E-state index in [0.29, 0.717) is 37.5 Å². The molecule has 1 N–H and O–H groups in total. The highest BCUT2D eigenvalue weighted by Crippen LogP contribution is 2.38. The molecule has 0 heterocycles.